The van der Waals surface area contributed by atoms with E-state index in [1.807, 2.05) is 12.1 Å². The third kappa shape index (κ3) is 1.06. The Bertz CT molecular complexity index is 453. The van der Waals surface area contributed by atoms with Crippen molar-refractivity contribution in [1.29, 1.82) is 0 Å². The van der Waals surface area contributed by atoms with Crippen LogP contribution in [0.2, 0.25) is 0 Å². The molecule has 3 heteroatoms. The Morgan fingerprint density at radius 3 is 2.92 bits per heavy atom. The molecule has 2 aromatic rings. The molecule has 0 spiro atoms. The van der Waals surface area contributed by atoms with Crippen LogP contribution in [0.25, 0.3) is 11.0 Å². The SMILES string of the molecule is CCc1cccc2[nH]c(=S)[nH]c12. The van der Waals surface area contributed by atoms with Gasteiger partial charge in [0, 0.05) is 0 Å². The highest BCUT2D eigenvalue weighted by molar-refractivity contribution is 7.71. The minimum Gasteiger partial charge on any atom is -0.331 e. The fourth-order valence-electron chi connectivity index (χ4n) is 1.41. The lowest BCUT2D eigenvalue weighted by molar-refractivity contribution is 1.15. The molecule has 0 unspecified atom stereocenters. The third-order valence-corrected chi connectivity index (χ3v) is 2.22. The normalized spacial score (nSPS) is 10.8. The summed E-state index contributed by atoms with van der Waals surface area (Å²) in [4.78, 5) is 6.23. The molecule has 2 rings (SSSR count). The van der Waals surface area contributed by atoms with Crippen molar-refractivity contribution in [3.05, 3.63) is 28.5 Å². The number of aryl methyl sites for hydroxylation is 1. The predicted molar refractivity (Wildman–Crippen MR) is 52.9 cm³/mol. The monoisotopic (exact) mass is 178 g/mol. The van der Waals surface area contributed by atoms with Crippen molar-refractivity contribution in [2.75, 3.05) is 0 Å². The number of aromatic amines is 2. The van der Waals surface area contributed by atoms with Gasteiger partial charge in [-0.15, -0.1) is 0 Å². The first-order valence-corrected chi connectivity index (χ1v) is 4.42. The van der Waals surface area contributed by atoms with Crippen molar-refractivity contribution in [2.45, 2.75) is 13.3 Å². The van der Waals surface area contributed by atoms with Gasteiger partial charge in [-0.3, -0.25) is 0 Å². The maximum atomic E-state index is 5.01. The van der Waals surface area contributed by atoms with E-state index in [0.717, 1.165) is 17.5 Å². The average molecular weight is 178 g/mol. The van der Waals surface area contributed by atoms with Gasteiger partial charge in [0.05, 0.1) is 11.0 Å². The maximum Gasteiger partial charge on any atom is 0.175 e. The fraction of sp³-hybridized carbons (Fsp3) is 0.222. The molecule has 0 saturated carbocycles. The van der Waals surface area contributed by atoms with E-state index in [1.54, 1.807) is 0 Å². The van der Waals surface area contributed by atoms with Gasteiger partial charge in [0.2, 0.25) is 0 Å². The Hall–Kier alpha value is -1.09. The number of benzene rings is 1. The molecular weight excluding hydrogens is 168 g/mol. The first-order valence-electron chi connectivity index (χ1n) is 4.01. The predicted octanol–water partition coefficient (Wildman–Crippen LogP) is 2.79. The van der Waals surface area contributed by atoms with Crippen molar-refractivity contribution >= 4 is 23.3 Å². The first-order chi connectivity index (χ1) is 5.81. The lowest BCUT2D eigenvalue weighted by Crippen LogP contribution is -1.81. The zero-order valence-corrected chi connectivity index (χ0v) is 7.66. The summed E-state index contributed by atoms with van der Waals surface area (Å²) in [7, 11) is 0. The molecule has 0 aliphatic heterocycles. The van der Waals surface area contributed by atoms with Crippen molar-refractivity contribution < 1.29 is 0 Å². The van der Waals surface area contributed by atoms with E-state index in [4.69, 9.17) is 12.2 Å². The fourth-order valence-corrected chi connectivity index (χ4v) is 1.63. The number of fused-ring (bicyclic) bond motifs is 1. The molecule has 0 aliphatic carbocycles. The summed E-state index contributed by atoms with van der Waals surface area (Å²) in [6.45, 7) is 2.14. The minimum atomic E-state index is 0.700. The van der Waals surface area contributed by atoms with E-state index < -0.39 is 0 Å². The van der Waals surface area contributed by atoms with E-state index in [2.05, 4.69) is 23.0 Å². The van der Waals surface area contributed by atoms with Crippen LogP contribution >= 0.6 is 12.2 Å². The molecule has 0 atom stereocenters. The van der Waals surface area contributed by atoms with Crippen molar-refractivity contribution in [3.8, 4) is 0 Å². The minimum absolute atomic E-state index is 0.700. The quantitative estimate of drug-likeness (QED) is 0.646. The molecule has 1 aromatic heterocycles. The molecular formula is C9H10N2S. The van der Waals surface area contributed by atoms with Crippen LogP contribution in [-0.4, -0.2) is 9.97 Å². The number of rotatable bonds is 1. The topological polar surface area (TPSA) is 31.6 Å². The van der Waals surface area contributed by atoms with E-state index >= 15 is 0 Å². The van der Waals surface area contributed by atoms with Crippen LogP contribution in [0.1, 0.15) is 12.5 Å². The molecule has 0 bridgehead atoms. The van der Waals surface area contributed by atoms with E-state index in [9.17, 15) is 0 Å². The molecule has 0 amide bonds. The summed E-state index contributed by atoms with van der Waals surface area (Å²) in [5, 5.41) is 0. The molecule has 2 N–H and O–H groups in total. The molecule has 1 heterocycles. The number of H-pyrrole nitrogens is 2. The molecule has 1 aromatic carbocycles. The van der Waals surface area contributed by atoms with Crippen molar-refractivity contribution in [3.63, 3.8) is 0 Å². The Balaban J connectivity index is 2.87. The van der Waals surface area contributed by atoms with Crippen LogP contribution in [0.15, 0.2) is 18.2 Å². The molecule has 0 saturated heterocycles. The average Bonchev–Trinajstić information content (AvgIpc) is 2.44. The van der Waals surface area contributed by atoms with Gasteiger partial charge in [-0.1, -0.05) is 19.1 Å². The standard InChI is InChI=1S/C9H10N2S/c1-2-6-4-3-5-7-8(6)11-9(12)10-7/h3-5H,2H2,1H3,(H2,10,11,12). The number of hydrogen-bond donors (Lipinski definition) is 2. The van der Waals surface area contributed by atoms with Gasteiger partial charge in [-0.05, 0) is 30.3 Å². The zero-order valence-electron chi connectivity index (χ0n) is 6.85. The van der Waals surface area contributed by atoms with Crippen LogP contribution in [0, 0.1) is 4.77 Å². The number of nitrogens with one attached hydrogen (secondary N) is 2. The second-order valence-electron chi connectivity index (χ2n) is 2.77. The summed E-state index contributed by atoms with van der Waals surface area (Å²) < 4.78 is 0.700. The zero-order chi connectivity index (χ0) is 8.55. The van der Waals surface area contributed by atoms with Crippen LogP contribution < -0.4 is 0 Å². The Kier molecular flexibility index (Phi) is 1.73. The van der Waals surface area contributed by atoms with Gasteiger partial charge in [0.25, 0.3) is 0 Å². The highest BCUT2D eigenvalue weighted by atomic mass is 32.1. The second kappa shape index (κ2) is 2.75. The Morgan fingerprint density at radius 1 is 1.33 bits per heavy atom. The van der Waals surface area contributed by atoms with Gasteiger partial charge in [-0.25, -0.2) is 0 Å². The Morgan fingerprint density at radius 2 is 2.17 bits per heavy atom. The summed E-state index contributed by atoms with van der Waals surface area (Å²) >= 11 is 5.01. The van der Waals surface area contributed by atoms with E-state index in [1.165, 1.54) is 5.56 Å². The molecule has 0 fully saturated rings. The molecule has 12 heavy (non-hydrogen) atoms. The van der Waals surface area contributed by atoms with Gasteiger partial charge >= 0.3 is 0 Å². The van der Waals surface area contributed by atoms with Crippen molar-refractivity contribution in [2.24, 2.45) is 0 Å². The highest BCUT2D eigenvalue weighted by Crippen LogP contribution is 2.15. The molecule has 0 aliphatic rings. The lowest BCUT2D eigenvalue weighted by atomic mass is 10.1. The maximum absolute atomic E-state index is 5.01. The Labute approximate surface area is 75.6 Å². The number of imidazole rings is 1. The summed E-state index contributed by atoms with van der Waals surface area (Å²) in [5.41, 5.74) is 3.55. The highest BCUT2D eigenvalue weighted by Gasteiger charge is 1.99. The van der Waals surface area contributed by atoms with Gasteiger partial charge < -0.3 is 9.97 Å². The van der Waals surface area contributed by atoms with Gasteiger partial charge in [0.1, 0.15) is 0 Å². The number of para-hydroxylation sites is 1. The van der Waals surface area contributed by atoms with Crippen LogP contribution in [-0.2, 0) is 6.42 Å². The largest absolute Gasteiger partial charge is 0.331 e. The van der Waals surface area contributed by atoms with E-state index in [-0.39, 0.29) is 0 Å². The van der Waals surface area contributed by atoms with Gasteiger partial charge in [0.15, 0.2) is 4.77 Å². The lowest BCUT2D eigenvalue weighted by Gasteiger charge is -1.96. The third-order valence-electron chi connectivity index (χ3n) is 2.02. The molecule has 0 radical (unpaired) electrons. The summed E-state index contributed by atoms with van der Waals surface area (Å²) in [6.07, 6.45) is 1.03. The van der Waals surface area contributed by atoms with Crippen LogP contribution in [0.3, 0.4) is 0 Å². The second-order valence-corrected chi connectivity index (χ2v) is 3.18. The van der Waals surface area contributed by atoms with Crippen LogP contribution in [0.4, 0.5) is 0 Å². The van der Waals surface area contributed by atoms with E-state index in [0.29, 0.717) is 4.77 Å². The smallest absolute Gasteiger partial charge is 0.175 e. The summed E-state index contributed by atoms with van der Waals surface area (Å²) in [5.74, 6) is 0. The van der Waals surface area contributed by atoms with Crippen LogP contribution in [0.5, 0.6) is 0 Å². The number of hydrogen-bond acceptors (Lipinski definition) is 1. The summed E-state index contributed by atoms with van der Waals surface area (Å²) in [6, 6.07) is 6.18. The number of aromatic nitrogens is 2. The van der Waals surface area contributed by atoms with Gasteiger partial charge in [-0.2, -0.15) is 0 Å². The van der Waals surface area contributed by atoms with Crippen molar-refractivity contribution in [1.82, 2.24) is 9.97 Å². The first kappa shape index (κ1) is 7.55. The molecule has 2 nitrogen and oxygen atoms in total. The molecule has 62 valence electrons.